The zero-order chi connectivity index (χ0) is 20.2. The molecule has 1 aromatic carbocycles. The van der Waals surface area contributed by atoms with E-state index in [2.05, 4.69) is 30.6 Å². The van der Waals surface area contributed by atoms with Crippen molar-refractivity contribution in [1.82, 2.24) is 15.0 Å². The maximum absolute atomic E-state index is 13.2. The molecular formula is C21H25N5O2S. The molecule has 1 saturated heterocycles. The third-order valence-electron chi connectivity index (χ3n) is 5.02. The molecule has 8 heteroatoms. The van der Waals surface area contributed by atoms with Gasteiger partial charge in [0.2, 0.25) is 5.91 Å². The molecular weight excluding hydrogens is 386 g/mol. The maximum Gasteiger partial charge on any atom is 0.247 e. The van der Waals surface area contributed by atoms with Crippen LogP contribution in [0, 0.1) is 13.8 Å². The molecule has 4 rings (SSSR count). The number of aryl methyl sites for hydroxylation is 2. The minimum Gasteiger partial charge on any atom is -0.360 e. The SMILES string of the molecule is Cc1csc(N2CCCN(C(C(=O)Nc3cc(C)on3)c3ccccc3)CC2)n1. The third-order valence-corrected chi connectivity index (χ3v) is 6.04. The van der Waals surface area contributed by atoms with Gasteiger partial charge in [0.25, 0.3) is 0 Å². The summed E-state index contributed by atoms with van der Waals surface area (Å²) in [6, 6.07) is 11.3. The maximum atomic E-state index is 13.2. The average Bonchev–Trinajstić information content (AvgIpc) is 3.24. The zero-order valence-electron chi connectivity index (χ0n) is 16.7. The van der Waals surface area contributed by atoms with Crippen molar-refractivity contribution in [2.45, 2.75) is 26.3 Å². The topological polar surface area (TPSA) is 74.5 Å². The van der Waals surface area contributed by atoms with E-state index in [0.29, 0.717) is 11.6 Å². The molecule has 0 aliphatic carbocycles. The molecule has 1 fully saturated rings. The van der Waals surface area contributed by atoms with E-state index < -0.39 is 0 Å². The standard InChI is InChI=1S/C21H25N5O2S/c1-15-14-29-21(22-15)26-10-6-9-25(11-12-26)19(17-7-4-3-5-8-17)20(27)23-18-13-16(2)28-24-18/h3-5,7-8,13-14,19H,6,9-12H2,1-2H3,(H,23,24,27). The molecule has 0 saturated carbocycles. The monoisotopic (exact) mass is 411 g/mol. The molecule has 7 nitrogen and oxygen atoms in total. The quantitative estimate of drug-likeness (QED) is 0.691. The Morgan fingerprint density at radius 2 is 2.00 bits per heavy atom. The average molecular weight is 412 g/mol. The Labute approximate surface area is 174 Å². The Morgan fingerprint density at radius 3 is 2.69 bits per heavy atom. The summed E-state index contributed by atoms with van der Waals surface area (Å²) in [5.74, 6) is 1.02. The van der Waals surface area contributed by atoms with Gasteiger partial charge in [-0.3, -0.25) is 9.69 Å². The largest absolute Gasteiger partial charge is 0.360 e. The molecule has 29 heavy (non-hydrogen) atoms. The smallest absolute Gasteiger partial charge is 0.247 e. The molecule has 1 aliphatic rings. The second-order valence-corrected chi connectivity index (χ2v) is 8.11. The van der Waals surface area contributed by atoms with Crippen LogP contribution in [0.1, 0.15) is 29.5 Å². The van der Waals surface area contributed by atoms with Gasteiger partial charge in [-0.15, -0.1) is 11.3 Å². The number of rotatable bonds is 5. The lowest BCUT2D eigenvalue weighted by Gasteiger charge is -2.29. The first-order valence-corrected chi connectivity index (χ1v) is 10.7. The van der Waals surface area contributed by atoms with Crippen LogP contribution in [0.2, 0.25) is 0 Å². The number of nitrogens with one attached hydrogen (secondary N) is 1. The Kier molecular flexibility index (Phi) is 5.92. The predicted molar refractivity (Wildman–Crippen MR) is 114 cm³/mol. The normalized spacial score (nSPS) is 16.4. The minimum atomic E-state index is -0.383. The molecule has 2 aromatic heterocycles. The van der Waals surface area contributed by atoms with Crippen molar-refractivity contribution in [3.05, 3.63) is 58.8 Å². The first kappa shape index (κ1) is 19.6. The Bertz CT molecular complexity index is 955. The molecule has 1 N–H and O–H groups in total. The van der Waals surface area contributed by atoms with Crippen LogP contribution in [0.4, 0.5) is 10.9 Å². The highest BCUT2D eigenvalue weighted by Crippen LogP contribution is 2.27. The second-order valence-electron chi connectivity index (χ2n) is 7.27. The number of amides is 1. The highest BCUT2D eigenvalue weighted by atomic mass is 32.1. The fourth-order valence-corrected chi connectivity index (χ4v) is 4.51. The van der Waals surface area contributed by atoms with Crippen molar-refractivity contribution in [2.75, 3.05) is 36.4 Å². The summed E-state index contributed by atoms with van der Waals surface area (Å²) in [6.07, 6.45) is 0.971. The van der Waals surface area contributed by atoms with Crippen molar-refractivity contribution < 1.29 is 9.32 Å². The molecule has 3 aromatic rings. The summed E-state index contributed by atoms with van der Waals surface area (Å²) in [5, 5.41) is 9.96. The first-order chi connectivity index (χ1) is 14.1. The van der Waals surface area contributed by atoms with Gasteiger partial charge in [0.15, 0.2) is 10.9 Å². The van der Waals surface area contributed by atoms with Crippen molar-refractivity contribution >= 4 is 28.2 Å². The van der Waals surface area contributed by atoms with Crippen molar-refractivity contribution in [1.29, 1.82) is 0 Å². The second kappa shape index (κ2) is 8.75. The van der Waals surface area contributed by atoms with Crippen molar-refractivity contribution in [3.8, 4) is 0 Å². The van der Waals surface area contributed by atoms with Gasteiger partial charge in [-0.1, -0.05) is 35.5 Å². The fraction of sp³-hybridized carbons (Fsp3) is 0.381. The van der Waals surface area contributed by atoms with Gasteiger partial charge in [0, 0.05) is 37.6 Å². The summed E-state index contributed by atoms with van der Waals surface area (Å²) >= 11 is 1.68. The number of benzene rings is 1. The molecule has 1 unspecified atom stereocenters. The molecule has 0 spiro atoms. The molecule has 1 amide bonds. The lowest BCUT2D eigenvalue weighted by Crippen LogP contribution is -2.39. The molecule has 152 valence electrons. The summed E-state index contributed by atoms with van der Waals surface area (Å²) in [5.41, 5.74) is 2.03. The van der Waals surface area contributed by atoms with Gasteiger partial charge in [-0.2, -0.15) is 0 Å². The van der Waals surface area contributed by atoms with Crippen molar-refractivity contribution in [2.24, 2.45) is 0 Å². The summed E-state index contributed by atoms with van der Waals surface area (Å²) in [7, 11) is 0. The van der Waals surface area contributed by atoms with Crippen LogP contribution in [0.3, 0.4) is 0 Å². The third kappa shape index (κ3) is 4.65. The predicted octanol–water partition coefficient (Wildman–Crippen LogP) is 3.64. The van der Waals surface area contributed by atoms with Gasteiger partial charge in [0.1, 0.15) is 11.8 Å². The van der Waals surface area contributed by atoms with E-state index in [1.54, 1.807) is 24.3 Å². The number of anilines is 2. The lowest BCUT2D eigenvalue weighted by molar-refractivity contribution is -0.121. The highest BCUT2D eigenvalue weighted by Gasteiger charge is 2.30. The van der Waals surface area contributed by atoms with E-state index in [1.165, 1.54) is 0 Å². The van der Waals surface area contributed by atoms with Gasteiger partial charge in [0.05, 0.1) is 5.69 Å². The van der Waals surface area contributed by atoms with Gasteiger partial charge >= 0.3 is 0 Å². The Hall–Kier alpha value is -2.71. The molecule has 1 aliphatic heterocycles. The number of carbonyl (C=O) groups excluding carboxylic acids is 1. The van der Waals surface area contributed by atoms with Crippen LogP contribution < -0.4 is 10.2 Å². The summed E-state index contributed by atoms with van der Waals surface area (Å²) in [4.78, 5) is 22.4. The van der Waals surface area contributed by atoms with Crippen LogP contribution in [0.25, 0.3) is 0 Å². The van der Waals surface area contributed by atoms with Gasteiger partial charge in [-0.05, 0) is 25.8 Å². The lowest BCUT2D eigenvalue weighted by atomic mass is 10.0. The zero-order valence-corrected chi connectivity index (χ0v) is 17.5. The first-order valence-electron chi connectivity index (χ1n) is 9.80. The number of thiazole rings is 1. The van der Waals surface area contributed by atoms with E-state index in [0.717, 1.165) is 49.0 Å². The number of aromatic nitrogens is 2. The number of hydrogen-bond acceptors (Lipinski definition) is 7. The number of hydrogen-bond donors (Lipinski definition) is 1. The van der Waals surface area contributed by atoms with E-state index >= 15 is 0 Å². The molecule has 0 radical (unpaired) electrons. The van der Waals surface area contributed by atoms with Crippen LogP contribution in [-0.2, 0) is 4.79 Å². The van der Waals surface area contributed by atoms with Crippen LogP contribution in [0.5, 0.6) is 0 Å². The number of nitrogens with zero attached hydrogens (tertiary/aromatic N) is 4. The summed E-state index contributed by atoms with van der Waals surface area (Å²) < 4.78 is 5.09. The van der Waals surface area contributed by atoms with Crippen molar-refractivity contribution in [3.63, 3.8) is 0 Å². The van der Waals surface area contributed by atoms with Gasteiger partial charge < -0.3 is 14.7 Å². The Balaban J connectivity index is 1.53. The van der Waals surface area contributed by atoms with Crippen LogP contribution in [-0.4, -0.2) is 47.1 Å². The minimum absolute atomic E-state index is 0.0944. The van der Waals surface area contributed by atoms with Gasteiger partial charge in [-0.25, -0.2) is 4.98 Å². The van der Waals surface area contributed by atoms with E-state index in [9.17, 15) is 4.79 Å². The van der Waals surface area contributed by atoms with Crippen LogP contribution >= 0.6 is 11.3 Å². The van der Waals surface area contributed by atoms with E-state index in [-0.39, 0.29) is 11.9 Å². The molecule has 1 atom stereocenters. The molecule has 3 heterocycles. The molecule has 0 bridgehead atoms. The Morgan fingerprint density at radius 1 is 1.17 bits per heavy atom. The summed E-state index contributed by atoms with van der Waals surface area (Å²) in [6.45, 7) is 7.23. The van der Waals surface area contributed by atoms with Crippen LogP contribution in [0.15, 0.2) is 46.3 Å². The fourth-order valence-electron chi connectivity index (χ4n) is 3.66. The number of carbonyl (C=O) groups is 1. The van der Waals surface area contributed by atoms with E-state index in [1.807, 2.05) is 37.3 Å². The highest BCUT2D eigenvalue weighted by molar-refractivity contribution is 7.13. The van der Waals surface area contributed by atoms with E-state index in [4.69, 9.17) is 4.52 Å².